The second kappa shape index (κ2) is 4.69. The number of nitrogens with one attached hydrogen (secondary N) is 2. The highest BCUT2D eigenvalue weighted by atomic mass is 35.5. The first-order chi connectivity index (χ1) is 8.34. The van der Waals surface area contributed by atoms with Crippen molar-refractivity contribution in [1.82, 2.24) is 15.2 Å². The van der Waals surface area contributed by atoms with Crippen LogP contribution in [0.3, 0.4) is 0 Å². The van der Waals surface area contributed by atoms with Crippen molar-refractivity contribution in [1.29, 1.82) is 0 Å². The number of nitrogens with zero attached hydrogens (tertiary/aromatic N) is 1. The molecular formula is C13H16ClN3. The molecule has 1 aromatic heterocycles. The summed E-state index contributed by atoms with van der Waals surface area (Å²) in [6, 6.07) is 8.19. The number of H-pyrrole nitrogens is 1. The largest absolute Gasteiger partial charge is 0.356 e. The molecule has 0 atom stereocenters. The van der Waals surface area contributed by atoms with Crippen LogP contribution in [0.15, 0.2) is 24.3 Å². The minimum atomic E-state index is 0.874. The molecule has 0 spiro atoms. The van der Waals surface area contributed by atoms with Crippen molar-refractivity contribution < 1.29 is 0 Å². The fourth-order valence-electron chi connectivity index (χ4n) is 2.37. The Kier molecular flexibility index (Phi) is 3.05. The molecule has 2 heterocycles. The third kappa shape index (κ3) is 2.18. The van der Waals surface area contributed by atoms with Crippen LogP contribution in [0.2, 0.25) is 5.02 Å². The Labute approximate surface area is 106 Å². The lowest BCUT2D eigenvalue weighted by molar-refractivity contribution is 0.231. The zero-order valence-corrected chi connectivity index (χ0v) is 10.4. The van der Waals surface area contributed by atoms with Gasteiger partial charge in [-0.3, -0.25) is 4.90 Å². The Morgan fingerprint density at radius 3 is 2.71 bits per heavy atom. The van der Waals surface area contributed by atoms with Crippen LogP contribution in [-0.2, 0) is 6.54 Å². The van der Waals surface area contributed by atoms with Crippen LogP contribution in [-0.4, -0.2) is 36.1 Å². The second-order valence-corrected chi connectivity index (χ2v) is 4.87. The van der Waals surface area contributed by atoms with Gasteiger partial charge in [0.05, 0.1) is 5.02 Å². The number of para-hydroxylation sites is 1. The number of fused-ring (bicyclic) bond motifs is 1. The van der Waals surface area contributed by atoms with Gasteiger partial charge in [0.2, 0.25) is 0 Å². The fraction of sp³-hybridized carbons (Fsp3) is 0.385. The molecule has 2 aromatic rings. The third-order valence-electron chi connectivity index (χ3n) is 3.31. The number of hydrogen-bond donors (Lipinski definition) is 2. The summed E-state index contributed by atoms with van der Waals surface area (Å²) in [7, 11) is 0. The van der Waals surface area contributed by atoms with E-state index in [0.29, 0.717) is 0 Å². The molecule has 3 rings (SSSR count). The molecule has 0 aliphatic carbocycles. The minimum absolute atomic E-state index is 0.874. The highest BCUT2D eigenvalue weighted by molar-refractivity contribution is 6.36. The van der Waals surface area contributed by atoms with E-state index in [1.54, 1.807) is 0 Å². The quantitative estimate of drug-likeness (QED) is 0.855. The van der Waals surface area contributed by atoms with Gasteiger partial charge in [-0.05, 0) is 6.07 Å². The summed E-state index contributed by atoms with van der Waals surface area (Å²) in [5, 5.41) is 5.36. The van der Waals surface area contributed by atoms with Gasteiger partial charge in [0.25, 0.3) is 0 Å². The molecule has 1 aliphatic rings. The van der Waals surface area contributed by atoms with Crippen LogP contribution >= 0.6 is 11.6 Å². The molecule has 90 valence electrons. The molecular weight excluding hydrogens is 234 g/mol. The Morgan fingerprint density at radius 1 is 1.18 bits per heavy atom. The molecule has 0 bridgehead atoms. The molecule has 4 heteroatoms. The third-order valence-corrected chi connectivity index (χ3v) is 3.74. The van der Waals surface area contributed by atoms with Crippen molar-refractivity contribution in [3.8, 4) is 0 Å². The van der Waals surface area contributed by atoms with Crippen molar-refractivity contribution in [3.05, 3.63) is 35.0 Å². The van der Waals surface area contributed by atoms with Crippen LogP contribution in [0.1, 0.15) is 5.69 Å². The van der Waals surface area contributed by atoms with Crippen molar-refractivity contribution in [3.63, 3.8) is 0 Å². The number of aromatic amines is 1. The fourth-order valence-corrected chi connectivity index (χ4v) is 2.64. The van der Waals surface area contributed by atoms with Gasteiger partial charge in [0.15, 0.2) is 0 Å². The van der Waals surface area contributed by atoms with Crippen molar-refractivity contribution in [2.45, 2.75) is 6.54 Å². The van der Waals surface area contributed by atoms with E-state index >= 15 is 0 Å². The topological polar surface area (TPSA) is 31.1 Å². The van der Waals surface area contributed by atoms with Gasteiger partial charge in [-0.2, -0.15) is 0 Å². The van der Waals surface area contributed by atoms with E-state index in [1.165, 1.54) is 0 Å². The summed E-state index contributed by atoms with van der Waals surface area (Å²) in [5.74, 6) is 0. The van der Waals surface area contributed by atoms with Crippen LogP contribution in [0, 0.1) is 0 Å². The van der Waals surface area contributed by atoms with E-state index < -0.39 is 0 Å². The van der Waals surface area contributed by atoms with E-state index in [9.17, 15) is 0 Å². The first kappa shape index (κ1) is 11.1. The number of benzene rings is 1. The molecule has 0 amide bonds. The average molecular weight is 250 g/mol. The van der Waals surface area contributed by atoms with E-state index in [4.69, 9.17) is 11.6 Å². The van der Waals surface area contributed by atoms with Gasteiger partial charge in [0.1, 0.15) is 0 Å². The lowest BCUT2D eigenvalue weighted by Gasteiger charge is -2.26. The van der Waals surface area contributed by atoms with Gasteiger partial charge in [0, 0.05) is 49.3 Å². The van der Waals surface area contributed by atoms with Gasteiger partial charge in [-0.25, -0.2) is 0 Å². The Hall–Kier alpha value is -1.03. The van der Waals surface area contributed by atoms with Crippen molar-refractivity contribution >= 4 is 22.5 Å². The summed E-state index contributed by atoms with van der Waals surface area (Å²) < 4.78 is 0. The zero-order chi connectivity index (χ0) is 11.7. The molecule has 0 saturated carbocycles. The maximum absolute atomic E-state index is 6.40. The number of halogens is 1. The molecule has 0 radical (unpaired) electrons. The number of piperazine rings is 1. The maximum atomic E-state index is 6.40. The molecule has 3 nitrogen and oxygen atoms in total. The summed E-state index contributed by atoms with van der Waals surface area (Å²) >= 11 is 6.40. The monoisotopic (exact) mass is 249 g/mol. The van der Waals surface area contributed by atoms with Crippen LogP contribution in [0.25, 0.3) is 10.9 Å². The standard InChI is InChI=1S/C13H16ClN3/c14-13-10-3-1-2-4-11(10)16-12(13)9-17-7-5-15-6-8-17/h1-4,15-16H,5-9H2. The molecule has 1 fully saturated rings. The van der Waals surface area contributed by atoms with E-state index in [0.717, 1.165) is 54.3 Å². The van der Waals surface area contributed by atoms with E-state index in [2.05, 4.69) is 27.3 Å². The summed E-state index contributed by atoms with van der Waals surface area (Å²) in [4.78, 5) is 5.84. The first-order valence-electron chi connectivity index (χ1n) is 6.03. The SMILES string of the molecule is Clc1c(CN2CCNCC2)[nH]c2ccccc12. The number of hydrogen-bond acceptors (Lipinski definition) is 2. The predicted octanol–water partition coefficient (Wildman–Crippen LogP) is 2.23. The summed E-state index contributed by atoms with van der Waals surface area (Å²) in [5.41, 5.74) is 2.26. The lowest BCUT2D eigenvalue weighted by atomic mass is 10.2. The predicted molar refractivity (Wildman–Crippen MR) is 71.5 cm³/mol. The number of rotatable bonds is 2. The zero-order valence-electron chi connectivity index (χ0n) is 9.67. The lowest BCUT2D eigenvalue weighted by Crippen LogP contribution is -2.42. The van der Waals surface area contributed by atoms with Crippen LogP contribution < -0.4 is 5.32 Å². The molecule has 1 aromatic carbocycles. The summed E-state index contributed by atoms with van der Waals surface area (Å²) in [6.07, 6.45) is 0. The van der Waals surface area contributed by atoms with Gasteiger partial charge < -0.3 is 10.3 Å². The van der Waals surface area contributed by atoms with Crippen LogP contribution in [0.5, 0.6) is 0 Å². The van der Waals surface area contributed by atoms with Gasteiger partial charge >= 0.3 is 0 Å². The molecule has 1 saturated heterocycles. The van der Waals surface area contributed by atoms with Gasteiger partial charge in [-0.1, -0.05) is 29.8 Å². The Morgan fingerprint density at radius 2 is 1.94 bits per heavy atom. The Bertz CT molecular complexity index is 514. The normalized spacial score (nSPS) is 17.7. The van der Waals surface area contributed by atoms with Crippen molar-refractivity contribution in [2.24, 2.45) is 0 Å². The molecule has 1 aliphatic heterocycles. The maximum Gasteiger partial charge on any atom is 0.0705 e. The average Bonchev–Trinajstić information content (AvgIpc) is 2.68. The number of aromatic nitrogens is 1. The van der Waals surface area contributed by atoms with E-state index in [1.807, 2.05) is 12.1 Å². The highest BCUT2D eigenvalue weighted by Gasteiger charge is 2.14. The van der Waals surface area contributed by atoms with E-state index in [-0.39, 0.29) is 0 Å². The smallest absolute Gasteiger partial charge is 0.0705 e. The minimum Gasteiger partial charge on any atom is -0.356 e. The van der Waals surface area contributed by atoms with Gasteiger partial charge in [-0.15, -0.1) is 0 Å². The first-order valence-corrected chi connectivity index (χ1v) is 6.40. The second-order valence-electron chi connectivity index (χ2n) is 4.49. The summed E-state index contributed by atoms with van der Waals surface area (Å²) in [6.45, 7) is 5.22. The Balaban J connectivity index is 1.87. The molecule has 17 heavy (non-hydrogen) atoms. The molecule has 2 N–H and O–H groups in total. The van der Waals surface area contributed by atoms with Crippen LogP contribution in [0.4, 0.5) is 0 Å². The highest BCUT2D eigenvalue weighted by Crippen LogP contribution is 2.27. The molecule has 0 unspecified atom stereocenters. The van der Waals surface area contributed by atoms with Crippen molar-refractivity contribution in [2.75, 3.05) is 26.2 Å².